The quantitative estimate of drug-likeness (QED) is 0.335. The number of benzene rings is 1. The van der Waals surface area contributed by atoms with Crippen LogP contribution in [0.4, 0.5) is 0 Å². The second-order valence-electron chi connectivity index (χ2n) is 6.80. The summed E-state index contributed by atoms with van der Waals surface area (Å²) < 4.78 is 17.5. The van der Waals surface area contributed by atoms with Gasteiger partial charge in [-0.1, -0.05) is 25.5 Å². The number of nitrogens with zero attached hydrogens (tertiary/aromatic N) is 1. The highest BCUT2D eigenvalue weighted by Crippen LogP contribution is 2.23. The summed E-state index contributed by atoms with van der Waals surface area (Å²) in [6, 6.07) is 6.51. The van der Waals surface area contributed by atoms with Gasteiger partial charge in [0.05, 0.1) is 13.7 Å². The minimum atomic E-state index is -0.704. The summed E-state index contributed by atoms with van der Waals surface area (Å²) in [6.07, 6.45) is 4.29. The van der Waals surface area contributed by atoms with Gasteiger partial charge < -0.3 is 15.4 Å². The summed E-state index contributed by atoms with van der Waals surface area (Å²) in [7, 11) is 0.987. The molecule has 5 nitrogen and oxygen atoms in total. The first-order valence-electron chi connectivity index (χ1n) is 9.62. The fourth-order valence-electron chi connectivity index (χ4n) is 3.47. The molecule has 0 saturated heterocycles. The van der Waals surface area contributed by atoms with Gasteiger partial charge in [-0.3, -0.25) is 4.21 Å². The molecule has 2 rings (SSSR count). The predicted octanol–water partition coefficient (Wildman–Crippen LogP) is 3.76. The van der Waals surface area contributed by atoms with Gasteiger partial charge in [0.2, 0.25) is 0 Å². The fraction of sp³-hybridized carbons (Fsp3) is 0.650. The van der Waals surface area contributed by atoms with Gasteiger partial charge in [-0.15, -0.1) is 24.0 Å². The van der Waals surface area contributed by atoms with Crippen molar-refractivity contribution < 1.29 is 8.95 Å². The van der Waals surface area contributed by atoms with E-state index in [0.29, 0.717) is 17.8 Å². The first-order chi connectivity index (χ1) is 12.6. The lowest BCUT2D eigenvalue weighted by molar-refractivity contribution is 0.411. The molecule has 1 fully saturated rings. The third-order valence-corrected chi connectivity index (χ3v) is 6.59. The molecule has 154 valence electrons. The van der Waals surface area contributed by atoms with Gasteiger partial charge in [-0.05, 0) is 50.3 Å². The van der Waals surface area contributed by atoms with Gasteiger partial charge in [0.1, 0.15) is 5.75 Å². The number of methoxy groups -OCH3 is 1. The molecule has 2 N–H and O–H groups in total. The minimum absolute atomic E-state index is 0. The topological polar surface area (TPSA) is 62.7 Å². The van der Waals surface area contributed by atoms with Crippen LogP contribution in [-0.4, -0.2) is 40.9 Å². The molecule has 1 aromatic rings. The van der Waals surface area contributed by atoms with Crippen LogP contribution in [0.15, 0.2) is 23.2 Å². The number of rotatable bonds is 7. The molecule has 0 spiro atoms. The van der Waals surface area contributed by atoms with Crippen LogP contribution in [0.5, 0.6) is 5.75 Å². The summed E-state index contributed by atoms with van der Waals surface area (Å²) in [5, 5.41) is 7.20. The number of aryl methyl sites for hydroxylation is 1. The van der Waals surface area contributed by atoms with Crippen molar-refractivity contribution in [3.8, 4) is 5.75 Å². The van der Waals surface area contributed by atoms with Crippen molar-refractivity contribution in [2.24, 2.45) is 4.99 Å². The smallest absolute Gasteiger partial charge is 0.191 e. The van der Waals surface area contributed by atoms with Crippen LogP contribution in [0.2, 0.25) is 0 Å². The Bertz CT molecular complexity index is 640. The summed E-state index contributed by atoms with van der Waals surface area (Å²) in [4.78, 5) is 4.74. The SMILES string of the molecule is CCNC(=NCc1ccc(OC)c(C)c1)NC1CCCC(S(=O)CC)C1.I. The monoisotopic (exact) mass is 507 g/mol. The molecule has 1 aliphatic carbocycles. The third kappa shape index (κ3) is 7.60. The first-order valence-corrected chi connectivity index (χ1v) is 11.0. The summed E-state index contributed by atoms with van der Waals surface area (Å²) in [5.74, 6) is 2.50. The van der Waals surface area contributed by atoms with E-state index in [0.717, 1.165) is 60.8 Å². The van der Waals surface area contributed by atoms with E-state index >= 15 is 0 Å². The number of hydrogen-bond acceptors (Lipinski definition) is 3. The average molecular weight is 507 g/mol. The molecule has 0 aliphatic heterocycles. The summed E-state index contributed by atoms with van der Waals surface area (Å²) in [5.41, 5.74) is 2.28. The lowest BCUT2D eigenvalue weighted by atomic mass is 9.95. The fourth-order valence-corrected chi connectivity index (χ4v) is 4.82. The van der Waals surface area contributed by atoms with Crippen molar-refractivity contribution in [3.63, 3.8) is 0 Å². The number of ether oxygens (including phenoxy) is 1. The van der Waals surface area contributed by atoms with Crippen LogP contribution >= 0.6 is 24.0 Å². The molecule has 0 amide bonds. The lowest BCUT2D eigenvalue weighted by Gasteiger charge is -2.30. The maximum absolute atomic E-state index is 12.1. The Morgan fingerprint density at radius 1 is 1.33 bits per heavy atom. The predicted molar refractivity (Wildman–Crippen MR) is 126 cm³/mol. The Morgan fingerprint density at radius 3 is 2.74 bits per heavy atom. The zero-order valence-electron chi connectivity index (χ0n) is 16.9. The van der Waals surface area contributed by atoms with E-state index in [2.05, 4.69) is 29.7 Å². The van der Waals surface area contributed by atoms with E-state index in [4.69, 9.17) is 9.73 Å². The molecule has 0 bridgehead atoms. The Kier molecular flexibility index (Phi) is 11.3. The van der Waals surface area contributed by atoms with Crippen LogP contribution in [0.25, 0.3) is 0 Å². The molecule has 0 heterocycles. The van der Waals surface area contributed by atoms with Crippen LogP contribution in [0, 0.1) is 6.92 Å². The van der Waals surface area contributed by atoms with Crippen molar-refractivity contribution in [1.82, 2.24) is 10.6 Å². The van der Waals surface area contributed by atoms with Crippen LogP contribution in [0.1, 0.15) is 50.7 Å². The van der Waals surface area contributed by atoms with Crippen molar-refractivity contribution >= 4 is 40.7 Å². The van der Waals surface area contributed by atoms with Crippen molar-refractivity contribution in [2.45, 2.75) is 64.3 Å². The first kappa shape index (κ1) is 24.2. The Morgan fingerprint density at radius 2 is 2.11 bits per heavy atom. The molecule has 7 heteroatoms. The highest BCUT2D eigenvalue weighted by Gasteiger charge is 2.26. The van der Waals surface area contributed by atoms with Crippen LogP contribution < -0.4 is 15.4 Å². The zero-order chi connectivity index (χ0) is 18.9. The van der Waals surface area contributed by atoms with E-state index in [-0.39, 0.29) is 24.0 Å². The van der Waals surface area contributed by atoms with Crippen LogP contribution in [-0.2, 0) is 17.3 Å². The number of hydrogen-bond donors (Lipinski definition) is 2. The number of halogens is 1. The number of nitrogens with one attached hydrogen (secondary N) is 2. The van der Waals surface area contributed by atoms with Crippen molar-refractivity contribution in [3.05, 3.63) is 29.3 Å². The highest BCUT2D eigenvalue weighted by molar-refractivity contribution is 14.0. The van der Waals surface area contributed by atoms with Gasteiger partial charge in [-0.2, -0.15) is 0 Å². The van der Waals surface area contributed by atoms with Crippen molar-refractivity contribution in [1.29, 1.82) is 0 Å². The Labute approximate surface area is 183 Å². The largest absolute Gasteiger partial charge is 0.496 e. The van der Waals surface area contributed by atoms with Gasteiger partial charge >= 0.3 is 0 Å². The summed E-state index contributed by atoms with van der Waals surface area (Å²) in [6.45, 7) is 7.58. The second-order valence-corrected chi connectivity index (χ2v) is 8.80. The molecular weight excluding hydrogens is 473 g/mol. The molecular formula is C20H34IN3O2S. The third-order valence-electron chi connectivity index (χ3n) is 4.85. The number of aliphatic imine (C=N–C) groups is 1. The van der Waals surface area contributed by atoms with Crippen molar-refractivity contribution in [2.75, 3.05) is 19.4 Å². The molecule has 0 aromatic heterocycles. The molecule has 1 aromatic carbocycles. The maximum atomic E-state index is 12.1. The van der Waals surface area contributed by atoms with E-state index in [9.17, 15) is 4.21 Å². The van der Waals surface area contributed by atoms with E-state index in [1.807, 2.05) is 19.9 Å². The minimum Gasteiger partial charge on any atom is -0.496 e. The van der Waals surface area contributed by atoms with E-state index in [1.165, 1.54) is 0 Å². The number of guanidine groups is 1. The lowest BCUT2D eigenvalue weighted by Crippen LogP contribution is -2.46. The van der Waals surface area contributed by atoms with Gasteiger partial charge in [0, 0.05) is 34.4 Å². The van der Waals surface area contributed by atoms with Gasteiger partial charge in [0.25, 0.3) is 0 Å². The Balaban J connectivity index is 0.00000364. The summed E-state index contributed by atoms with van der Waals surface area (Å²) >= 11 is 0. The highest BCUT2D eigenvalue weighted by atomic mass is 127. The van der Waals surface area contributed by atoms with Gasteiger partial charge in [-0.25, -0.2) is 4.99 Å². The van der Waals surface area contributed by atoms with Gasteiger partial charge in [0.15, 0.2) is 5.96 Å². The standard InChI is InChI=1S/C20H33N3O2S.HI/c1-5-21-20(22-14-16-10-11-19(25-4)15(3)12-16)23-17-8-7-9-18(13-17)26(24)6-2;/h10-12,17-18H,5-9,13-14H2,1-4H3,(H2,21,22,23);1H. The maximum Gasteiger partial charge on any atom is 0.191 e. The molecule has 3 unspecified atom stereocenters. The normalized spacial score (nSPS) is 21.1. The molecule has 27 heavy (non-hydrogen) atoms. The van der Waals surface area contributed by atoms with E-state index < -0.39 is 10.8 Å². The average Bonchev–Trinajstić information content (AvgIpc) is 2.66. The second kappa shape index (κ2) is 12.6. The molecule has 1 aliphatic rings. The zero-order valence-corrected chi connectivity index (χ0v) is 20.1. The van der Waals surface area contributed by atoms with E-state index in [1.54, 1.807) is 7.11 Å². The molecule has 1 saturated carbocycles. The van der Waals surface area contributed by atoms with Crippen LogP contribution in [0.3, 0.4) is 0 Å². The Hall–Kier alpha value is -0.830. The molecule has 0 radical (unpaired) electrons. The molecule has 3 atom stereocenters.